The molecule has 2 aromatic rings. The van der Waals surface area contributed by atoms with Crippen LogP contribution in [-0.4, -0.2) is 5.97 Å². The fraction of sp³-hybridized carbons (Fsp3) is 0.133. The number of ether oxygens (including phenoxy) is 1. The predicted octanol–water partition coefficient (Wildman–Crippen LogP) is 3.46. The Bertz CT molecular complexity index is 631. The molecule has 0 aliphatic heterocycles. The maximum Gasteiger partial charge on any atom is 0.310 e. The van der Waals surface area contributed by atoms with E-state index in [1.165, 1.54) is 12.1 Å². The third-order valence-electron chi connectivity index (χ3n) is 2.70. The number of nitrogen functional groups attached to an aromatic ring is 1. The summed E-state index contributed by atoms with van der Waals surface area (Å²) in [7, 11) is 0. The van der Waals surface area contributed by atoms with Crippen molar-refractivity contribution in [1.29, 1.82) is 0 Å². The minimum absolute atomic E-state index is 0.0992. The van der Waals surface area contributed by atoms with Gasteiger partial charge in [-0.25, -0.2) is 4.39 Å². The first-order valence-corrected chi connectivity index (χ1v) is 6.78. The zero-order valence-corrected chi connectivity index (χ0v) is 12.2. The van der Waals surface area contributed by atoms with Crippen LogP contribution in [0.5, 0.6) is 0 Å². The Morgan fingerprint density at radius 1 is 1.25 bits per heavy atom. The number of carbonyl (C=O) groups excluding carboxylic acids is 1. The summed E-state index contributed by atoms with van der Waals surface area (Å²) >= 11 is 3.23. The predicted molar refractivity (Wildman–Crippen MR) is 78.5 cm³/mol. The van der Waals surface area contributed by atoms with Crippen molar-refractivity contribution in [3.63, 3.8) is 0 Å². The topological polar surface area (TPSA) is 52.3 Å². The summed E-state index contributed by atoms with van der Waals surface area (Å²) in [5.41, 5.74) is 7.76. The first-order chi connectivity index (χ1) is 9.54. The van der Waals surface area contributed by atoms with E-state index >= 15 is 0 Å². The number of nitrogens with two attached hydrogens (primary N) is 1. The highest BCUT2D eigenvalue weighted by molar-refractivity contribution is 9.10. The Balaban J connectivity index is 1.92. The van der Waals surface area contributed by atoms with E-state index in [0.717, 1.165) is 5.56 Å². The molecule has 2 N–H and O–H groups in total. The fourth-order valence-electron chi connectivity index (χ4n) is 1.72. The summed E-state index contributed by atoms with van der Waals surface area (Å²) in [6.45, 7) is 0.0992. The molecule has 0 unspecified atom stereocenters. The van der Waals surface area contributed by atoms with Crippen molar-refractivity contribution in [1.82, 2.24) is 0 Å². The number of hydrogen-bond donors (Lipinski definition) is 1. The summed E-state index contributed by atoms with van der Waals surface area (Å²) in [4.78, 5) is 11.7. The van der Waals surface area contributed by atoms with Gasteiger partial charge in [0.2, 0.25) is 0 Å². The van der Waals surface area contributed by atoms with Gasteiger partial charge in [-0.3, -0.25) is 4.79 Å². The second kappa shape index (κ2) is 6.52. The molecular formula is C15H13BrFNO2. The Morgan fingerprint density at radius 2 is 2.05 bits per heavy atom. The lowest BCUT2D eigenvalue weighted by Gasteiger charge is -2.07. The smallest absolute Gasteiger partial charge is 0.310 e. The zero-order valence-electron chi connectivity index (χ0n) is 10.6. The number of carbonyl (C=O) groups is 1. The summed E-state index contributed by atoms with van der Waals surface area (Å²) in [5.74, 6) is -0.696. The van der Waals surface area contributed by atoms with Gasteiger partial charge in [0.1, 0.15) is 12.4 Å². The molecule has 0 heterocycles. The second-order valence-electron chi connectivity index (χ2n) is 4.32. The van der Waals surface area contributed by atoms with Crippen molar-refractivity contribution in [3.05, 3.63) is 63.9 Å². The van der Waals surface area contributed by atoms with E-state index in [0.29, 0.717) is 15.7 Å². The Morgan fingerprint density at radius 3 is 2.75 bits per heavy atom. The average molecular weight is 338 g/mol. The van der Waals surface area contributed by atoms with Gasteiger partial charge in [-0.2, -0.15) is 0 Å². The lowest BCUT2D eigenvalue weighted by Crippen LogP contribution is -2.08. The molecule has 3 nitrogen and oxygen atoms in total. The van der Waals surface area contributed by atoms with E-state index in [-0.39, 0.29) is 24.8 Å². The van der Waals surface area contributed by atoms with Crippen molar-refractivity contribution >= 4 is 27.6 Å². The lowest BCUT2D eigenvalue weighted by molar-refractivity contribution is -0.144. The third kappa shape index (κ3) is 4.06. The van der Waals surface area contributed by atoms with Crippen LogP contribution in [0.4, 0.5) is 10.1 Å². The maximum atomic E-state index is 12.9. The van der Waals surface area contributed by atoms with Gasteiger partial charge in [-0.05, 0) is 29.8 Å². The van der Waals surface area contributed by atoms with Crippen LogP contribution in [0.2, 0.25) is 0 Å². The highest BCUT2D eigenvalue weighted by Crippen LogP contribution is 2.19. The third-order valence-corrected chi connectivity index (χ3v) is 3.44. The molecule has 20 heavy (non-hydrogen) atoms. The van der Waals surface area contributed by atoms with Gasteiger partial charge in [0.25, 0.3) is 0 Å². The molecule has 2 rings (SSSR count). The summed E-state index contributed by atoms with van der Waals surface area (Å²) < 4.78 is 18.7. The van der Waals surface area contributed by atoms with Crippen LogP contribution >= 0.6 is 15.9 Å². The van der Waals surface area contributed by atoms with Crippen LogP contribution in [0.25, 0.3) is 0 Å². The molecule has 2 aromatic carbocycles. The molecule has 0 spiro atoms. The Labute approximate surface area is 124 Å². The molecule has 0 saturated carbocycles. The highest BCUT2D eigenvalue weighted by atomic mass is 79.9. The monoisotopic (exact) mass is 337 g/mol. The molecule has 0 aromatic heterocycles. The number of anilines is 1. The molecule has 0 fully saturated rings. The number of rotatable bonds is 4. The van der Waals surface area contributed by atoms with Crippen LogP contribution in [-0.2, 0) is 22.6 Å². The first-order valence-electron chi connectivity index (χ1n) is 5.98. The first kappa shape index (κ1) is 14.5. The standard InChI is InChI=1S/C15H13BrFNO2/c16-14-8-12(17)5-4-11(14)9-20-15(19)7-10-2-1-3-13(18)6-10/h1-6,8H,7,9,18H2. The van der Waals surface area contributed by atoms with E-state index in [1.807, 2.05) is 6.07 Å². The molecule has 0 radical (unpaired) electrons. The molecule has 0 atom stereocenters. The van der Waals surface area contributed by atoms with Crippen LogP contribution in [0.15, 0.2) is 46.9 Å². The van der Waals surface area contributed by atoms with E-state index in [9.17, 15) is 9.18 Å². The Hall–Kier alpha value is -1.88. The van der Waals surface area contributed by atoms with Gasteiger partial charge in [-0.1, -0.05) is 34.1 Å². The number of esters is 1. The average Bonchev–Trinajstić information content (AvgIpc) is 2.37. The van der Waals surface area contributed by atoms with Crippen molar-refractivity contribution in [2.45, 2.75) is 13.0 Å². The van der Waals surface area contributed by atoms with Crippen molar-refractivity contribution < 1.29 is 13.9 Å². The molecule has 5 heteroatoms. The van der Waals surface area contributed by atoms with Crippen LogP contribution in [0, 0.1) is 5.82 Å². The molecule has 0 bridgehead atoms. The highest BCUT2D eigenvalue weighted by Gasteiger charge is 2.08. The molecule has 104 valence electrons. The van der Waals surface area contributed by atoms with Gasteiger partial charge in [0.15, 0.2) is 0 Å². The molecule has 0 amide bonds. The fourth-order valence-corrected chi connectivity index (χ4v) is 2.18. The quantitative estimate of drug-likeness (QED) is 0.686. The zero-order chi connectivity index (χ0) is 14.5. The molecular weight excluding hydrogens is 325 g/mol. The van der Waals surface area contributed by atoms with Gasteiger partial charge >= 0.3 is 5.97 Å². The molecule has 0 saturated heterocycles. The van der Waals surface area contributed by atoms with Crippen molar-refractivity contribution in [2.24, 2.45) is 0 Å². The van der Waals surface area contributed by atoms with E-state index in [2.05, 4.69) is 15.9 Å². The second-order valence-corrected chi connectivity index (χ2v) is 5.17. The number of hydrogen-bond acceptors (Lipinski definition) is 3. The van der Waals surface area contributed by atoms with Gasteiger partial charge < -0.3 is 10.5 Å². The van der Waals surface area contributed by atoms with E-state index in [1.54, 1.807) is 24.3 Å². The van der Waals surface area contributed by atoms with Crippen LogP contribution in [0.3, 0.4) is 0 Å². The van der Waals surface area contributed by atoms with Gasteiger partial charge in [0.05, 0.1) is 6.42 Å². The molecule has 0 aliphatic carbocycles. The van der Waals surface area contributed by atoms with Crippen LogP contribution in [0.1, 0.15) is 11.1 Å². The summed E-state index contributed by atoms with van der Waals surface area (Å²) in [6.07, 6.45) is 0.157. The normalized spacial score (nSPS) is 10.3. The summed E-state index contributed by atoms with van der Waals surface area (Å²) in [5, 5.41) is 0. The largest absolute Gasteiger partial charge is 0.461 e. The van der Waals surface area contributed by atoms with E-state index < -0.39 is 0 Å². The molecule has 0 aliphatic rings. The van der Waals surface area contributed by atoms with Gasteiger partial charge in [-0.15, -0.1) is 0 Å². The van der Waals surface area contributed by atoms with Gasteiger partial charge in [0, 0.05) is 15.7 Å². The maximum absolute atomic E-state index is 12.9. The van der Waals surface area contributed by atoms with Crippen LogP contribution < -0.4 is 5.73 Å². The minimum Gasteiger partial charge on any atom is -0.461 e. The Kier molecular flexibility index (Phi) is 4.74. The summed E-state index contributed by atoms with van der Waals surface area (Å²) in [6, 6.07) is 11.3. The SMILES string of the molecule is Nc1cccc(CC(=O)OCc2ccc(F)cc2Br)c1. The lowest BCUT2D eigenvalue weighted by atomic mass is 10.1. The van der Waals surface area contributed by atoms with Crippen molar-refractivity contribution in [3.8, 4) is 0 Å². The van der Waals surface area contributed by atoms with Crippen molar-refractivity contribution in [2.75, 3.05) is 5.73 Å². The number of halogens is 2. The number of benzene rings is 2. The van der Waals surface area contributed by atoms with E-state index in [4.69, 9.17) is 10.5 Å². The minimum atomic E-state index is -0.355.